The molecule has 0 saturated heterocycles. The molecule has 2 aliphatic rings. The first kappa shape index (κ1) is 41.0. The van der Waals surface area contributed by atoms with Gasteiger partial charge >= 0.3 is 0 Å². The maximum atomic E-state index is 2.41. The zero-order valence-corrected chi connectivity index (χ0v) is 39.1. The molecule has 12 aromatic carbocycles. The Bertz CT molecular complexity index is 3880. The summed E-state index contributed by atoms with van der Waals surface area (Å²) in [4.78, 5) is 2.36. The summed E-state index contributed by atoms with van der Waals surface area (Å²) in [6.07, 6.45) is 0. The number of para-hydroxylation sites is 1. The average molecular weight is 902 g/mol. The molecule has 71 heavy (non-hydrogen) atoms. The van der Waals surface area contributed by atoms with Crippen molar-refractivity contribution in [1.29, 1.82) is 0 Å². The van der Waals surface area contributed by atoms with E-state index in [2.05, 4.69) is 290 Å². The molecule has 0 unspecified atom stereocenters. The molecule has 1 heteroatoms. The highest BCUT2D eigenvalue weighted by molar-refractivity contribution is 6.10. The van der Waals surface area contributed by atoms with Gasteiger partial charge in [-0.25, -0.2) is 0 Å². The van der Waals surface area contributed by atoms with E-state index in [1.807, 2.05) is 0 Å². The van der Waals surface area contributed by atoms with Crippen LogP contribution >= 0.6 is 0 Å². The van der Waals surface area contributed by atoms with Gasteiger partial charge in [0.25, 0.3) is 0 Å². The van der Waals surface area contributed by atoms with E-state index in [1.165, 1.54) is 99.4 Å². The van der Waals surface area contributed by atoms with Crippen LogP contribution in [0.3, 0.4) is 0 Å². The molecule has 0 heterocycles. The largest absolute Gasteiger partial charge is 0.310 e. The fourth-order valence-electron chi connectivity index (χ4n) is 12.7. The predicted molar refractivity (Wildman–Crippen MR) is 296 cm³/mol. The van der Waals surface area contributed by atoms with E-state index in [-0.39, 0.29) is 0 Å². The Morgan fingerprint density at radius 3 is 1.28 bits per heavy atom. The van der Waals surface area contributed by atoms with Crippen molar-refractivity contribution in [1.82, 2.24) is 0 Å². The highest BCUT2D eigenvalue weighted by Crippen LogP contribution is 2.65. The molecule has 0 aromatic heterocycles. The lowest BCUT2D eigenvalue weighted by molar-refractivity contribution is 0.623. The van der Waals surface area contributed by atoms with Crippen LogP contribution < -0.4 is 4.90 Å². The van der Waals surface area contributed by atoms with Crippen LogP contribution in [0.25, 0.3) is 54.9 Å². The van der Waals surface area contributed by atoms with Crippen molar-refractivity contribution >= 4 is 38.6 Å². The zero-order chi connectivity index (χ0) is 46.9. The molecule has 1 nitrogen and oxygen atoms in total. The topological polar surface area (TPSA) is 3.24 Å². The summed E-state index contributed by atoms with van der Waals surface area (Å²) in [5.41, 5.74) is 20.2. The minimum Gasteiger partial charge on any atom is -0.310 e. The van der Waals surface area contributed by atoms with Gasteiger partial charge in [0.1, 0.15) is 0 Å². The standard InChI is InChI=1S/C70H47N/c1-5-20-48(21-6-1)49-38-41-56(42-39-49)71(55-26-11-4-12-27-55)57-43-45-59-52(47-57)37-36-50-46-51(40-44-58(50)59)60-29-19-35-67-68(60)61-28-13-14-30-62(61)70(67)65-33-17-15-31-63(65)69(53-22-7-2-8-23-53,54-24-9-3-10-25-54)64-32-16-18-34-66(64)70/h1-47H. The third kappa shape index (κ3) is 6.06. The molecule has 0 saturated carbocycles. The Morgan fingerprint density at radius 2 is 0.662 bits per heavy atom. The van der Waals surface area contributed by atoms with Crippen LogP contribution in [0.5, 0.6) is 0 Å². The first-order chi connectivity index (χ1) is 35.2. The Kier molecular flexibility index (Phi) is 9.41. The van der Waals surface area contributed by atoms with Crippen LogP contribution in [0, 0.1) is 0 Å². The summed E-state index contributed by atoms with van der Waals surface area (Å²) in [5, 5.41) is 4.91. The Balaban J connectivity index is 0.917. The van der Waals surface area contributed by atoms with Gasteiger partial charge in [-0.3, -0.25) is 0 Å². The van der Waals surface area contributed by atoms with Crippen LogP contribution in [0.1, 0.15) is 44.5 Å². The van der Waals surface area contributed by atoms with E-state index in [1.54, 1.807) is 0 Å². The molecular weight excluding hydrogens is 855 g/mol. The molecule has 0 aliphatic heterocycles. The molecule has 12 aromatic rings. The molecular formula is C70H47N. The second kappa shape index (κ2) is 16.3. The second-order valence-electron chi connectivity index (χ2n) is 19.1. The van der Waals surface area contributed by atoms with Crippen molar-refractivity contribution in [3.8, 4) is 33.4 Å². The minimum atomic E-state index is -0.551. The number of rotatable bonds is 7. The SMILES string of the molecule is c1ccc(-c2ccc(N(c3ccccc3)c3ccc4c(ccc5cc(-c6cccc7c6-c6ccccc6C76c7ccccc7C(c7ccccc7)(c7ccccc7)c7ccccc76)ccc54)c3)cc2)cc1. The lowest BCUT2D eigenvalue weighted by Gasteiger charge is -2.50. The van der Waals surface area contributed by atoms with Crippen molar-refractivity contribution < 1.29 is 0 Å². The second-order valence-corrected chi connectivity index (χ2v) is 19.1. The third-order valence-electron chi connectivity index (χ3n) is 15.6. The quantitative estimate of drug-likeness (QED) is 0.144. The van der Waals surface area contributed by atoms with Gasteiger partial charge in [-0.15, -0.1) is 0 Å². The van der Waals surface area contributed by atoms with Crippen LogP contribution in [-0.4, -0.2) is 0 Å². The number of hydrogen-bond donors (Lipinski definition) is 0. The first-order valence-corrected chi connectivity index (χ1v) is 24.7. The summed E-state index contributed by atoms with van der Waals surface area (Å²) >= 11 is 0. The fourth-order valence-corrected chi connectivity index (χ4v) is 12.7. The van der Waals surface area contributed by atoms with Crippen LogP contribution in [-0.2, 0) is 10.8 Å². The van der Waals surface area contributed by atoms with Gasteiger partial charge < -0.3 is 4.90 Å². The molecule has 1 spiro atoms. The van der Waals surface area contributed by atoms with E-state index >= 15 is 0 Å². The average Bonchev–Trinajstić information content (AvgIpc) is 3.76. The monoisotopic (exact) mass is 901 g/mol. The van der Waals surface area contributed by atoms with Gasteiger partial charge in [0.2, 0.25) is 0 Å². The Hall–Kier alpha value is -9.04. The van der Waals surface area contributed by atoms with E-state index in [4.69, 9.17) is 0 Å². The minimum absolute atomic E-state index is 0.536. The fraction of sp³-hybridized carbons (Fsp3) is 0.0286. The molecule has 0 N–H and O–H groups in total. The van der Waals surface area contributed by atoms with E-state index < -0.39 is 10.8 Å². The van der Waals surface area contributed by atoms with Gasteiger partial charge in [0.15, 0.2) is 0 Å². The van der Waals surface area contributed by atoms with Crippen molar-refractivity contribution in [2.75, 3.05) is 4.90 Å². The lowest BCUT2D eigenvalue weighted by atomic mass is 9.51. The molecule has 0 amide bonds. The van der Waals surface area contributed by atoms with Crippen molar-refractivity contribution in [3.63, 3.8) is 0 Å². The summed E-state index contributed by atoms with van der Waals surface area (Å²) in [6, 6.07) is 106. The third-order valence-corrected chi connectivity index (χ3v) is 15.6. The molecule has 2 aliphatic carbocycles. The number of hydrogen-bond acceptors (Lipinski definition) is 1. The van der Waals surface area contributed by atoms with Crippen LogP contribution in [0.4, 0.5) is 17.1 Å². The van der Waals surface area contributed by atoms with Gasteiger partial charge in [0, 0.05) is 17.1 Å². The normalized spacial score (nSPS) is 13.6. The smallest absolute Gasteiger partial charge is 0.0720 e. The van der Waals surface area contributed by atoms with Crippen molar-refractivity contribution in [2.45, 2.75) is 10.8 Å². The molecule has 0 fully saturated rings. The van der Waals surface area contributed by atoms with Gasteiger partial charge in [-0.05, 0) is 142 Å². The highest BCUT2D eigenvalue weighted by atomic mass is 15.1. The maximum Gasteiger partial charge on any atom is 0.0720 e. The predicted octanol–water partition coefficient (Wildman–Crippen LogP) is 17.9. The van der Waals surface area contributed by atoms with Gasteiger partial charge in [-0.2, -0.15) is 0 Å². The highest BCUT2D eigenvalue weighted by Gasteiger charge is 2.56. The summed E-state index contributed by atoms with van der Waals surface area (Å²) in [6.45, 7) is 0. The number of nitrogens with zero attached hydrogens (tertiary/aromatic N) is 1. The Labute approximate surface area is 415 Å². The van der Waals surface area contributed by atoms with Gasteiger partial charge in [-0.1, -0.05) is 243 Å². The molecule has 0 bridgehead atoms. The first-order valence-electron chi connectivity index (χ1n) is 24.7. The van der Waals surface area contributed by atoms with Crippen molar-refractivity contribution in [2.24, 2.45) is 0 Å². The van der Waals surface area contributed by atoms with E-state index in [0.29, 0.717) is 0 Å². The number of benzene rings is 12. The van der Waals surface area contributed by atoms with Crippen LogP contribution in [0.15, 0.2) is 285 Å². The van der Waals surface area contributed by atoms with E-state index in [9.17, 15) is 0 Å². The summed E-state index contributed by atoms with van der Waals surface area (Å²) in [7, 11) is 0. The van der Waals surface area contributed by atoms with Crippen molar-refractivity contribution in [3.05, 3.63) is 330 Å². The summed E-state index contributed by atoms with van der Waals surface area (Å²) < 4.78 is 0. The molecule has 332 valence electrons. The Morgan fingerprint density at radius 1 is 0.239 bits per heavy atom. The van der Waals surface area contributed by atoms with E-state index in [0.717, 1.165) is 17.1 Å². The number of fused-ring (bicyclic) bond motifs is 12. The lowest BCUT2D eigenvalue weighted by Crippen LogP contribution is -2.44. The summed E-state index contributed by atoms with van der Waals surface area (Å²) in [5.74, 6) is 0. The molecule has 0 radical (unpaired) electrons. The maximum absolute atomic E-state index is 2.41. The zero-order valence-electron chi connectivity index (χ0n) is 39.1. The van der Waals surface area contributed by atoms with Gasteiger partial charge in [0.05, 0.1) is 10.8 Å². The van der Waals surface area contributed by atoms with Crippen LogP contribution in [0.2, 0.25) is 0 Å². The molecule has 14 rings (SSSR count). The molecule has 0 atom stereocenters. The number of anilines is 3.